The number of ether oxygens (including phenoxy) is 1. The Bertz CT molecular complexity index is 918. The third-order valence-electron chi connectivity index (χ3n) is 4.20. The molecule has 0 radical (unpaired) electrons. The normalized spacial score (nSPS) is 15.4. The zero-order chi connectivity index (χ0) is 18.4. The van der Waals surface area contributed by atoms with E-state index in [1.54, 1.807) is 18.0 Å². The molecule has 0 atom stereocenters. The third kappa shape index (κ3) is 3.45. The van der Waals surface area contributed by atoms with Crippen LogP contribution in [0.1, 0.15) is 32.8 Å². The Kier molecular flexibility index (Phi) is 4.18. The predicted octanol–water partition coefficient (Wildman–Crippen LogP) is 3.03. The average molecular weight is 347 g/mol. The molecule has 6 nitrogen and oxygen atoms in total. The van der Waals surface area contributed by atoms with Gasteiger partial charge in [-0.2, -0.15) is 0 Å². The third-order valence-corrected chi connectivity index (χ3v) is 4.20. The van der Waals surface area contributed by atoms with Gasteiger partial charge < -0.3 is 14.6 Å². The lowest BCUT2D eigenvalue weighted by Gasteiger charge is -2.29. The van der Waals surface area contributed by atoms with Gasteiger partial charge in [-0.3, -0.25) is 4.57 Å². The van der Waals surface area contributed by atoms with E-state index in [-0.39, 0.29) is 17.6 Å². The minimum absolute atomic E-state index is 0.278. The number of H-pyrrole nitrogens is 1. The molecule has 1 aromatic heterocycles. The van der Waals surface area contributed by atoms with Crippen LogP contribution in [-0.4, -0.2) is 39.2 Å². The Morgan fingerprint density at radius 3 is 2.64 bits per heavy atom. The fourth-order valence-electron chi connectivity index (χ4n) is 2.90. The maximum Gasteiger partial charge on any atom is 0.410 e. The van der Waals surface area contributed by atoms with E-state index in [9.17, 15) is 14.0 Å². The Morgan fingerprint density at radius 1 is 1.32 bits per heavy atom. The van der Waals surface area contributed by atoms with Crippen molar-refractivity contribution in [2.45, 2.75) is 32.8 Å². The Balaban J connectivity index is 1.85. The van der Waals surface area contributed by atoms with Crippen LogP contribution in [0.5, 0.6) is 0 Å². The number of carbonyl (C=O) groups is 1. The zero-order valence-electron chi connectivity index (χ0n) is 14.9. The largest absolute Gasteiger partial charge is 0.444 e. The first-order chi connectivity index (χ1) is 11.7. The van der Waals surface area contributed by atoms with E-state index < -0.39 is 5.60 Å². The topological polar surface area (TPSA) is 67.3 Å². The molecular weight excluding hydrogens is 325 g/mol. The smallest absolute Gasteiger partial charge is 0.410 e. The number of amides is 1. The number of hydrogen-bond donors (Lipinski definition) is 1. The molecule has 1 aromatic carbocycles. The Morgan fingerprint density at radius 2 is 2.04 bits per heavy atom. The van der Waals surface area contributed by atoms with Gasteiger partial charge in [0.15, 0.2) is 0 Å². The molecule has 3 rings (SSSR count). The number of nitrogens with zero attached hydrogens (tertiary/aromatic N) is 2. The molecule has 1 amide bonds. The average Bonchev–Trinajstić information content (AvgIpc) is 2.79. The van der Waals surface area contributed by atoms with Gasteiger partial charge in [-0.05, 0) is 38.8 Å². The number of carbonyl (C=O) groups excluding carboxylic acids is 1. The van der Waals surface area contributed by atoms with Crippen molar-refractivity contribution in [2.24, 2.45) is 7.05 Å². The van der Waals surface area contributed by atoms with Crippen LogP contribution < -0.4 is 5.69 Å². The van der Waals surface area contributed by atoms with Crippen LogP contribution in [0, 0.1) is 5.82 Å². The predicted molar refractivity (Wildman–Crippen MR) is 93.9 cm³/mol. The van der Waals surface area contributed by atoms with E-state index in [2.05, 4.69) is 4.98 Å². The molecule has 0 bridgehead atoms. The van der Waals surface area contributed by atoms with Crippen molar-refractivity contribution in [3.63, 3.8) is 0 Å². The highest BCUT2D eigenvalue weighted by Crippen LogP contribution is 2.28. The van der Waals surface area contributed by atoms with Gasteiger partial charge in [0.1, 0.15) is 11.4 Å². The number of aryl methyl sites for hydroxylation is 1. The summed E-state index contributed by atoms with van der Waals surface area (Å²) >= 11 is 0. The van der Waals surface area contributed by atoms with Crippen LogP contribution in [0.15, 0.2) is 23.0 Å². The van der Waals surface area contributed by atoms with Crippen LogP contribution in [-0.2, 0) is 11.8 Å². The second kappa shape index (κ2) is 6.06. The van der Waals surface area contributed by atoms with Gasteiger partial charge in [0.25, 0.3) is 0 Å². The van der Waals surface area contributed by atoms with E-state index in [4.69, 9.17) is 4.74 Å². The maximum atomic E-state index is 14.4. The van der Waals surface area contributed by atoms with Crippen molar-refractivity contribution in [1.29, 1.82) is 0 Å². The molecule has 2 heterocycles. The lowest BCUT2D eigenvalue weighted by molar-refractivity contribution is 0.0270. The first-order valence-electron chi connectivity index (χ1n) is 8.21. The van der Waals surface area contributed by atoms with E-state index in [1.165, 1.54) is 10.6 Å². The minimum atomic E-state index is -0.544. The SMILES string of the molecule is Cn1c(=O)[nH]c2cc(F)c(C3=CCN(C(=O)OC(C)(C)C)CC3)cc21. The molecule has 7 heteroatoms. The van der Waals surface area contributed by atoms with E-state index in [1.807, 2.05) is 26.8 Å². The summed E-state index contributed by atoms with van der Waals surface area (Å²) in [7, 11) is 1.64. The van der Waals surface area contributed by atoms with Gasteiger partial charge in [0, 0.05) is 31.8 Å². The summed E-state index contributed by atoms with van der Waals surface area (Å²) in [5.74, 6) is -0.383. The molecule has 25 heavy (non-hydrogen) atoms. The lowest BCUT2D eigenvalue weighted by atomic mass is 9.98. The Labute approximate surface area is 144 Å². The van der Waals surface area contributed by atoms with Crippen molar-refractivity contribution in [3.8, 4) is 0 Å². The highest BCUT2D eigenvalue weighted by Gasteiger charge is 2.24. The quantitative estimate of drug-likeness (QED) is 0.862. The number of benzene rings is 1. The molecular formula is C18H22FN3O3. The highest BCUT2D eigenvalue weighted by molar-refractivity contribution is 5.82. The van der Waals surface area contributed by atoms with Crippen LogP contribution in [0.4, 0.5) is 9.18 Å². The van der Waals surface area contributed by atoms with Crippen LogP contribution >= 0.6 is 0 Å². The number of aromatic amines is 1. The molecule has 0 saturated carbocycles. The summed E-state index contributed by atoms with van der Waals surface area (Å²) in [5, 5.41) is 0. The van der Waals surface area contributed by atoms with E-state index in [0.717, 1.165) is 5.57 Å². The summed E-state index contributed by atoms with van der Waals surface area (Å²) in [5.41, 5.74) is 1.59. The highest BCUT2D eigenvalue weighted by atomic mass is 19.1. The molecule has 134 valence electrons. The van der Waals surface area contributed by atoms with Crippen molar-refractivity contribution in [2.75, 3.05) is 13.1 Å². The number of nitrogens with one attached hydrogen (secondary N) is 1. The summed E-state index contributed by atoms with van der Waals surface area (Å²) < 4.78 is 21.3. The van der Waals surface area contributed by atoms with E-state index >= 15 is 0 Å². The first-order valence-corrected chi connectivity index (χ1v) is 8.21. The van der Waals surface area contributed by atoms with Crippen LogP contribution in [0.3, 0.4) is 0 Å². The molecule has 1 N–H and O–H groups in total. The van der Waals surface area contributed by atoms with Gasteiger partial charge >= 0.3 is 11.8 Å². The number of hydrogen-bond acceptors (Lipinski definition) is 3. The molecule has 2 aromatic rings. The summed E-state index contributed by atoms with van der Waals surface area (Å²) in [6.45, 7) is 6.30. The molecule has 0 saturated heterocycles. The van der Waals surface area contributed by atoms with Gasteiger partial charge in [0.2, 0.25) is 0 Å². The molecule has 0 unspecified atom stereocenters. The summed E-state index contributed by atoms with van der Waals surface area (Å²) in [6, 6.07) is 3.02. The van der Waals surface area contributed by atoms with Crippen molar-refractivity contribution < 1.29 is 13.9 Å². The monoisotopic (exact) mass is 347 g/mol. The number of aromatic nitrogens is 2. The summed E-state index contributed by atoms with van der Waals surface area (Å²) in [6.07, 6.45) is 1.99. The van der Waals surface area contributed by atoms with Crippen molar-refractivity contribution in [3.05, 3.63) is 40.1 Å². The number of rotatable bonds is 1. The van der Waals surface area contributed by atoms with Gasteiger partial charge in [-0.1, -0.05) is 6.08 Å². The molecule has 0 spiro atoms. The number of fused-ring (bicyclic) bond motifs is 1. The van der Waals surface area contributed by atoms with Crippen LogP contribution in [0.2, 0.25) is 0 Å². The molecule has 1 aliphatic rings. The fourth-order valence-corrected chi connectivity index (χ4v) is 2.90. The van der Waals surface area contributed by atoms with Crippen molar-refractivity contribution >= 4 is 22.7 Å². The van der Waals surface area contributed by atoms with Gasteiger partial charge in [0.05, 0.1) is 11.0 Å². The van der Waals surface area contributed by atoms with Gasteiger partial charge in [-0.15, -0.1) is 0 Å². The second-order valence-corrected chi connectivity index (χ2v) is 7.24. The fraction of sp³-hybridized carbons (Fsp3) is 0.444. The number of halogens is 1. The van der Waals surface area contributed by atoms with Gasteiger partial charge in [-0.25, -0.2) is 14.0 Å². The molecule has 0 aliphatic carbocycles. The second-order valence-electron chi connectivity index (χ2n) is 7.24. The maximum absolute atomic E-state index is 14.4. The number of imidazole rings is 1. The van der Waals surface area contributed by atoms with Crippen LogP contribution in [0.25, 0.3) is 16.6 Å². The lowest BCUT2D eigenvalue weighted by Crippen LogP contribution is -2.39. The molecule has 1 aliphatic heterocycles. The first kappa shape index (κ1) is 17.3. The minimum Gasteiger partial charge on any atom is -0.444 e. The van der Waals surface area contributed by atoms with E-state index in [0.29, 0.717) is 36.1 Å². The van der Waals surface area contributed by atoms with Crippen molar-refractivity contribution in [1.82, 2.24) is 14.5 Å². The summed E-state index contributed by atoms with van der Waals surface area (Å²) in [4.78, 5) is 28.0. The zero-order valence-corrected chi connectivity index (χ0v) is 14.9. The standard InChI is InChI=1S/C18H22FN3O3/c1-18(2,3)25-17(24)22-7-5-11(6-8-22)12-9-15-14(10-13(12)19)20-16(23)21(15)4/h5,9-10H,6-8H2,1-4H3,(H,20,23). The molecule has 0 fully saturated rings. The Hall–Kier alpha value is -2.57.